The largest absolute Gasteiger partial charge is 0.490 e. The van der Waals surface area contributed by atoms with Crippen LogP contribution in [0.1, 0.15) is 0 Å². The summed E-state index contributed by atoms with van der Waals surface area (Å²) < 4.78 is 11.7. The van der Waals surface area contributed by atoms with Gasteiger partial charge in [0, 0.05) is 5.75 Å². The molecule has 1 aromatic carbocycles. The number of ether oxygens (including phenoxy) is 2. The molecule has 0 heterocycles. The zero-order valence-electron chi connectivity index (χ0n) is 7.78. The first-order valence-electron chi connectivity index (χ1n) is 4.40. The van der Waals surface area contributed by atoms with Crippen LogP contribution < -0.4 is 4.74 Å². The molecule has 0 aromatic heterocycles. The van der Waals surface area contributed by atoms with Gasteiger partial charge in [-0.1, -0.05) is 12.1 Å². The molecule has 0 bridgehead atoms. The van der Waals surface area contributed by atoms with E-state index in [-0.39, 0.29) is 0 Å². The van der Waals surface area contributed by atoms with Crippen LogP contribution in [0.2, 0.25) is 0 Å². The Balaban J connectivity index is 2.21. The minimum Gasteiger partial charge on any atom is -0.490 e. The summed E-state index contributed by atoms with van der Waals surface area (Å²) in [5.74, 6) is 1.59. The van der Waals surface area contributed by atoms with E-state index in [1.807, 2.05) is 24.3 Å². The van der Waals surface area contributed by atoms with Gasteiger partial charge in [-0.05, 0) is 28.1 Å². The summed E-state index contributed by atoms with van der Waals surface area (Å²) in [6.45, 7) is 1.83. The van der Waals surface area contributed by atoms with Gasteiger partial charge in [-0.25, -0.2) is 0 Å². The molecule has 4 heteroatoms. The molecule has 0 aliphatic heterocycles. The zero-order valence-corrected chi connectivity index (χ0v) is 10.3. The number of hydrogen-bond donors (Lipinski definition) is 1. The summed E-state index contributed by atoms with van der Waals surface area (Å²) >= 11 is 7.44. The molecular weight excluding hydrogens is 264 g/mol. The normalized spacial score (nSPS) is 10.1. The van der Waals surface area contributed by atoms with E-state index in [0.29, 0.717) is 19.8 Å². The smallest absolute Gasteiger partial charge is 0.133 e. The molecular formula is C10H13BrO2S. The van der Waals surface area contributed by atoms with Crippen molar-refractivity contribution in [3.05, 3.63) is 28.7 Å². The van der Waals surface area contributed by atoms with Gasteiger partial charge in [0.05, 0.1) is 17.7 Å². The lowest BCUT2D eigenvalue weighted by Gasteiger charge is -2.07. The maximum absolute atomic E-state index is 5.49. The number of halogens is 1. The third-order valence-electron chi connectivity index (χ3n) is 1.56. The van der Waals surface area contributed by atoms with E-state index < -0.39 is 0 Å². The highest BCUT2D eigenvalue weighted by Gasteiger charge is 1.97. The summed E-state index contributed by atoms with van der Waals surface area (Å²) in [7, 11) is 0. The first-order valence-corrected chi connectivity index (χ1v) is 5.83. The van der Waals surface area contributed by atoms with Crippen molar-refractivity contribution in [2.75, 3.05) is 25.6 Å². The van der Waals surface area contributed by atoms with Gasteiger partial charge < -0.3 is 9.47 Å². The average Bonchev–Trinajstić information content (AvgIpc) is 2.20. The molecule has 0 amide bonds. The molecule has 0 atom stereocenters. The van der Waals surface area contributed by atoms with Gasteiger partial charge in [0.15, 0.2) is 0 Å². The molecule has 14 heavy (non-hydrogen) atoms. The second-order valence-corrected chi connectivity index (χ2v) is 3.92. The van der Waals surface area contributed by atoms with E-state index in [2.05, 4.69) is 28.6 Å². The fraction of sp³-hybridized carbons (Fsp3) is 0.400. The molecule has 0 spiro atoms. The predicted molar refractivity (Wildman–Crippen MR) is 64.3 cm³/mol. The van der Waals surface area contributed by atoms with Crippen molar-refractivity contribution in [1.82, 2.24) is 0 Å². The maximum Gasteiger partial charge on any atom is 0.133 e. The number of benzene rings is 1. The Kier molecular flexibility index (Phi) is 6.07. The highest BCUT2D eigenvalue weighted by Crippen LogP contribution is 2.23. The predicted octanol–water partition coefficient (Wildman–Crippen LogP) is 2.77. The molecule has 0 fully saturated rings. The first kappa shape index (κ1) is 11.9. The fourth-order valence-corrected chi connectivity index (χ4v) is 1.47. The summed E-state index contributed by atoms with van der Waals surface area (Å²) in [6, 6.07) is 7.76. The van der Waals surface area contributed by atoms with Gasteiger partial charge in [-0.15, -0.1) is 0 Å². The van der Waals surface area contributed by atoms with E-state index in [0.717, 1.165) is 16.0 Å². The van der Waals surface area contributed by atoms with E-state index >= 15 is 0 Å². The van der Waals surface area contributed by atoms with Crippen LogP contribution in [0.3, 0.4) is 0 Å². The zero-order chi connectivity index (χ0) is 10.2. The Labute approximate surface area is 98.1 Å². The number of para-hydroxylation sites is 1. The minimum absolute atomic E-state index is 0.566. The van der Waals surface area contributed by atoms with Crippen LogP contribution in [0.4, 0.5) is 0 Å². The molecule has 0 radical (unpaired) electrons. The molecule has 78 valence electrons. The summed E-state index contributed by atoms with van der Waals surface area (Å²) in [5.41, 5.74) is 0. The van der Waals surface area contributed by atoms with Crippen molar-refractivity contribution in [3.8, 4) is 5.75 Å². The van der Waals surface area contributed by atoms with Crippen molar-refractivity contribution in [2.45, 2.75) is 0 Å². The highest BCUT2D eigenvalue weighted by molar-refractivity contribution is 9.10. The Morgan fingerprint density at radius 2 is 1.93 bits per heavy atom. The van der Waals surface area contributed by atoms with E-state index in [4.69, 9.17) is 9.47 Å². The Morgan fingerprint density at radius 1 is 1.14 bits per heavy atom. The van der Waals surface area contributed by atoms with Gasteiger partial charge >= 0.3 is 0 Å². The van der Waals surface area contributed by atoms with Gasteiger partial charge in [0.1, 0.15) is 12.4 Å². The third-order valence-corrected chi connectivity index (χ3v) is 2.40. The molecule has 1 rings (SSSR count). The lowest BCUT2D eigenvalue weighted by atomic mass is 10.3. The Morgan fingerprint density at radius 3 is 2.64 bits per heavy atom. The quantitative estimate of drug-likeness (QED) is 0.636. The third kappa shape index (κ3) is 4.35. The van der Waals surface area contributed by atoms with Crippen molar-refractivity contribution in [1.29, 1.82) is 0 Å². The average molecular weight is 277 g/mol. The standard InChI is InChI=1S/C10H13BrO2S/c11-9-3-1-2-4-10(9)13-6-5-12-7-8-14/h1-4,14H,5-8H2. The Bertz CT molecular complexity index is 268. The van der Waals surface area contributed by atoms with Gasteiger partial charge in [0.25, 0.3) is 0 Å². The molecule has 1 aromatic rings. The summed E-state index contributed by atoms with van der Waals surface area (Å²) in [4.78, 5) is 0. The maximum atomic E-state index is 5.49. The fourth-order valence-electron chi connectivity index (χ4n) is 0.939. The lowest BCUT2D eigenvalue weighted by Crippen LogP contribution is -2.08. The van der Waals surface area contributed by atoms with Crippen LogP contribution >= 0.6 is 28.6 Å². The molecule has 2 nitrogen and oxygen atoms in total. The summed E-state index contributed by atoms with van der Waals surface area (Å²) in [6.07, 6.45) is 0. The molecule has 0 aliphatic carbocycles. The first-order chi connectivity index (χ1) is 6.84. The van der Waals surface area contributed by atoms with Gasteiger partial charge in [-0.3, -0.25) is 0 Å². The lowest BCUT2D eigenvalue weighted by molar-refractivity contribution is 0.112. The summed E-state index contributed by atoms with van der Waals surface area (Å²) in [5, 5.41) is 0. The molecule has 0 unspecified atom stereocenters. The molecule has 0 saturated carbocycles. The number of thiol groups is 1. The van der Waals surface area contributed by atoms with Crippen molar-refractivity contribution in [3.63, 3.8) is 0 Å². The number of hydrogen-bond acceptors (Lipinski definition) is 3. The number of rotatable bonds is 6. The molecule has 0 aliphatic rings. The topological polar surface area (TPSA) is 18.5 Å². The molecule has 0 saturated heterocycles. The second kappa shape index (κ2) is 7.15. The van der Waals surface area contributed by atoms with Crippen LogP contribution in [0.5, 0.6) is 5.75 Å². The second-order valence-electron chi connectivity index (χ2n) is 2.61. The van der Waals surface area contributed by atoms with E-state index in [1.54, 1.807) is 0 Å². The van der Waals surface area contributed by atoms with Crippen molar-refractivity contribution < 1.29 is 9.47 Å². The SMILES string of the molecule is SCCOCCOc1ccccc1Br. The van der Waals surface area contributed by atoms with Crippen LogP contribution in [-0.2, 0) is 4.74 Å². The van der Waals surface area contributed by atoms with Crippen LogP contribution in [0.15, 0.2) is 28.7 Å². The van der Waals surface area contributed by atoms with E-state index in [9.17, 15) is 0 Å². The van der Waals surface area contributed by atoms with Gasteiger partial charge in [0.2, 0.25) is 0 Å². The monoisotopic (exact) mass is 276 g/mol. The van der Waals surface area contributed by atoms with Crippen molar-refractivity contribution in [2.24, 2.45) is 0 Å². The van der Waals surface area contributed by atoms with E-state index in [1.165, 1.54) is 0 Å². The molecule has 0 N–H and O–H groups in total. The van der Waals surface area contributed by atoms with Gasteiger partial charge in [-0.2, -0.15) is 12.6 Å². The highest BCUT2D eigenvalue weighted by atomic mass is 79.9. The Hall–Kier alpha value is -0.190. The van der Waals surface area contributed by atoms with Crippen LogP contribution in [0.25, 0.3) is 0 Å². The van der Waals surface area contributed by atoms with Crippen LogP contribution in [-0.4, -0.2) is 25.6 Å². The van der Waals surface area contributed by atoms with Crippen LogP contribution in [0, 0.1) is 0 Å². The minimum atomic E-state index is 0.566. The van der Waals surface area contributed by atoms with Crippen molar-refractivity contribution >= 4 is 28.6 Å².